The fraction of sp³-hybridized carbons (Fsp3) is 0.591. The maximum absolute atomic E-state index is 12.7. The van der Waals surface area contributed by atoms with Crippen molar-refractivity contribution < 1.29 is 34.1 Å². The summed E-state index contributed by atoms with van der Waals surface area (Å²) in [6.45, 7) is 10.6. The summed E-state index contributed by atoms with van der Waals surface area (Å²) >= 11 is 0. The van der Waals surface area contributed by atoms with E-state index in [2.05, 4.69) is 6.58 Å². The summed E-state index contributed by atoms with van der Waals surface area (Å²) in [5.74, 6) is -1.63. The molecule has 160 valence electrons. The van der Waals surface area contributed by atoms with Gasteiger partial charge in [0.2, 0.25) is 0 Å². The fourth-order valence-electron chi connectivity index (χ4n) is 3.90. The highest BCUT2D eigenvalue weighted by molar-refractivity contribution is 6.00. The van der Waals surface area contributed by atoms with Crippen molar-refractivity contribution in [3.8, 4) is 0 Å². The molecule has 0 heterocycles. The van der Waals surface area contributed by atoms with Crippen LogP contribution in [-0.4, -0.2) is 53.4 Å². The zero-order valence-corrected chi connectivity index (χ0v) is 17.6. The van der Waals surface area contributed by atoms with Crippen LogP contribution in [0, 0.1) is 17.3 Å². The van der Waals surface area contributed by atoms with Crippen LogP contribution in [0.3, 0.4) is 0 Å². The van der Waals surface area contributed by atoms with Crippen molar-refractivity contribution in [3.63, 3.8) is 0 Å². The van der Waals surface area contributed by atoms with Crippen molar-refractivity contribution in [2.75, 3.05) is 7.11 Å². The molecule has 0 spiro atoms. The highest BCUT2D eigenvalue weighted by Crippen LogP contribution is 2.60. The molecule has 2 aliphatic carbocycles. The van der Waals surface area contributed by atoms with E-state index < -0.39 is 36.2 Å². The van der Waals surface area contributed by atoms with Crippen LogP contribution in [0.2, 0.25) is 0 Å². The van der Waals surface area contributed by atoms with Gasteiger partial charge in [0.25, 0.3) is 0 Å². The summed E-state index contributed by atoms with van der Waals surface area (Å²) in [7, 11) is 1.30. The number of methoxy groups -OCH3 is 1. The SMILES string of the molecule is C=CC(O)[C@@H](O)CC1=C(C)[C@@H](OC(=O)[C@@H]2[C@H](/C=C(\C)C(=O)OC)C2(C)C)CC1=O. The van der Waals surface area contributed by atoms with E-state index in [1.807, 2.05) is 13.8 Å². The van der Waals surface area contributed by atoms with Crippen molar-refractivity contribution in [2.45, 2.75) is 58.8 Å². The number of allylic oxidation sites excluding steroid dienone is 1. The number of rotatable bonds is 8. The Hall–Kier alpha value is -2.25. The number of hydrogen-bond donors (Lipinski definition) is 2. The molecule has 0 amide bonds. The number of hydrogen-bond acceptors (Lipinski definition) is 7. The molecule has 7 nitrogen and oxygen atoms in total. The standard InChI is InChI=1S/C22H30O7/c1-7-15(23)17(25)9-13-12(3)18(10-16(13)24)29-21(27)19-14(22(19,4)5)8-11(2)20(26)28-6/h7-8,14-15,17-19,23,25H,1,9-10H2,2-6H3/b11-8+/t14-,15?,17-,18-,19-/m0/s1. The highest BCUT2D eigenvalue weighted by Gasteiger charge is 2.62. The van der Waals surface area contributed by atoms with Gasteiger partial charge in [-0.15, -0.1) is 6.58 Å². The summed E-state index contributed by atoms with van der Waals surface area (Å²) < 4.78 is 10.3. The monoisotopic (exact) mass is 406 g/mol. The van der Waals surface area contributed by atoms with Gasteiger partial charge in [0.1, 0.15) is 6.10 Å². The molecule has 1 fully saturated rings. The number of esters is 2. The topological polar surface area (TPSA) is 110 Å². The van der Waals surface area contributed by atoms with Gasteiger partial charge in [0.15, 0.2) is 5.78 Å². The number of aliphatic hydroxyl groups is 2. The molecule has 2 N–H and O–H groups in total. The quantitative estimate of drug-likeness (QED) is 0.360. The minimum absolute atomic E-state index is 0.0233. The highest BCUT2D eigenvalue weighted by atomic mass is 16.5. The van der Waals surface area contributed by atoms with Crippen LogP contribution >= 0.6 is 0 Å². The van der Waals surface area contributed by atoms with Crippen molar-refractivity contribution in [1.82, 2.24) is 0 Å². The molecule has 0 aromatic rings. The predicted octanol–water partition coefficient (Wildman–Crippen LogP) is 1.88. The number of ether oxygens (including phenoxy) is 2. The second-order valence-corrected chi connectivity index (χ2v) is 8.38. The summed E-state index contributed by atoms with van der Waals surface area (Å²) in [4.78, 5) is 36.7. The molecule has 29 heavy (non-hydrogen) atoms. The Kier molecular flexibility index (Phi) is 6.86. The van der Waals surface area contributed by atoms with Gasteiger partial charge in [-0.1, -0.05) is 26.0 Å². The van der Waals surface area contributed by atoms with Crippen LogP contribution in [-0.2, 0) is 23.9 Å². The van der Waals surface area contributed by atoms with E-state index in [4.69, 9.17) is 9.47 Å². The molecule has 7 heteroatoms. The molecule has 0 aromatic carbocycles. The van der Waals surface area contributed by atoms with E-state index in [0.29, 0.717) is 16.7 Å². The third-order valence-electron chi connectivity index (χ3n) is 6.08. The Labute approximate surface area is 171 Å². The van der Waals surface area contributed by atoms with Crippen LogP contribution < -0.4 is 0 Å². The molecule has 1 unspecified atom stereocenters. The van der Waals surface area contributed by atoms with Gasteiger partial charge in [-0.2, -0.15) is 0 Å². The third kappa shape index (κ3) is 4.67. The van der Waals surface area contributed by atoms with Crippen molar-refractivity contribution in [3.05, 3.63) is 35.5 Å². The normalized spacial score (nSPS) is 28.0. The molecular weight excluding hydrogens is 376 g/mol. The second kappa shape index (κ2) is 8.63. The van der Waals surface area contributed by atoms with E-state index >= 15 is 0 Å². The van der Waals surface area contributed by atoms with E-state index in [1.54, 1.807) is 19.9 Å². The van der Waals surface area contributed by atoms with E-state index in [1.165, 1.54) is 13.2 Å². The number of aliphatic hydroxyl groups excluding tert-OH is 2. The zero-order chi connectivity index (χ0) is 22.1. The minimum Gasteiger partial charge on any atom is -0.466 e. The molecule has 0 aromatic heterocycles. The van der Waals surface area contributed by atoms with Crippen molar-refractivity contribution >= 4 is 17.7 Å². The first-order valence-electron chi connectivity index (χ1n) is 9.64. The summed E-state index contributed by atoms with van der Waals surface area (Å²) in [6.07, 6.45) is -0.0178. The maximum atomic E-state index is 12.7. The van der Waals surface area contributed by atoms with E-state index in [9.17, 15) is 24.6 Å². The van der Waals surface area contributed by atoms with Crippen molar-refractivity contribution in [1.29, 1.82) is 0 Å². The van der Waals surface area contributed by atoms with Crippen LogP contribution in [0.25, 0.3) is 0 Å². The average molecular weight is 406 g/mol. The smallest absolute Gasteiger partial charge is 0.333 e. The predicted molar refractivity (Wildman–Crippen MR) is 106 cm³/mol. The minimum atomic E-state index is -1.14. The lowest BCUT2D eigenvalue weighted by atomic mass is 10.0. The Morgan fingerprint density at radius 1 is 1.34 bits per heavy atom. The summed E-state index contributed by atoms with van der Waals surface area (Å²) in [6, 6.07) is 0. The van der Waals surface area contributed by atoms with Crippen molar-refractivity contribution in [2.24, 2.45) is 17.3 Å². The molecule has 0 aliphatic heterocycles. The molecule has 2 aliphatic rings. The molecule has 0 saturated heterocycles. The summed E-state index contributed by atoms with van der Waals surface area (Å²) in [5, 5.41) is 19.6. The number of ketones is 1. The number of Topliss-reactive ketones (excluding diaryl/α,β-unsaturated/α-hetero) is 1. The van der Waals surface area contributed by atoms with Gasteiger partial charge in [0, 0.05) is 17.6 Å². The molecule has 0 radical (unpaired) electrons. The van der Waals surface area contributed by atoms with E-state index in [0.717, 1.165) is 0 Å². The zero-order valence-electron chi connectivity index (χ0n) is 17.6. The van der Waals surface area contributed by atoms with Crippen LogP contribution in [0.5, 0.6) is 0 Å². The van der Waals surface area contributed by atoms with Gasteiger partial charge in [-0.05, 0) is 30.8 Å². The van der Waals surface area contributed by atoms with Gasteiger partial charge < -0.3 is 19.7 Å². The van der Waals surface area contributed by atoms with Crippen LogP contribution in [0.15, 0.2) is 35.5 Å². The van der Waals surface area contributed by atoms with Crippen LogP contribution in [0.4, 0.5) is 0 Å². The van der Waals surface area contributed by atoms with Gasteiger partial charge >= 0.3 is 11.9 Å². The second-order valence-electron chi connectivity index (χ2n) is 8.38. The van der Waals surface area contributed by atoms with E-state index in [-0.39, 0.29) is 30.0 Å². The lowest BCUT2D eigenvalue weighted by Crippen LogP contribution is -2.25. The first-order chi connectivity index (χ1) is 13.4. The molecule has 0 bridgehead atoms. The largest absolute Gasteiger partial charge is 0.466 e. The molecule has 5 atom stereocenters. The first-order valence-corrected chi connectivity index (χ1v) is 9.64. The lowest BCUT2D eigenvalue weighted by Gasteiger charge is -2.16. The molecular formula is C22H30O7. The van der Waals surface area contributed by atoms with Gasteiger partial charge in [-0.25, -0.2) is 4.79 Å². The molecule has 1 saturated carbocycles. The Morgan fingerprint density at radius 2 is 1.97 bits per heavy atom. The van der Waals surface area contributed by atoms with Gasteiger partial charge in [0.05, 0.1) is 31.7 Å². The Morgan fingerprint density at radius 3 is 2.52 bits per heavy atom. The van der Waals surface area contributed by atoms with Gasteiger partial charge in [-0.3, -0.25) is 9.59 Å². The van der Waals surface area contributed by atoms with Crippen LogP contribution in [0.1, 0.15) is 40.5 Å². The first kappa shape index (κ1) is 23.0. The number of carbonyl (C=O) groups is 3. The fourth-order valence-corrected chi connectivity index (χ4v) is 3.90. The Bertz CT molecular complexity index is 774. The third-order valence-corrected chi connectivity index (χ3v) is 6.08. The average Bonchev–Trinajstić information content (AvgIpc) is 3.11. The molecule has 2 rings (SSSR count). The summed E-state index contributed by atoms with van der Waals surface area (Å²) in [5.41, 5.74) is 1.05. The Balaban J connectivity index is 2.08. The lowest BCUT2D eigenvalue weighted by molar-refractivity contribution is -0.150. The maximum Gasteiger partial charge on any atom is 0.333 e. The number of carbonyl (C=O) groups excluding carboxylic acids is 3.